The van der Waals surface area contributed by atoms with Crippen molar-refractivity contribution in [1.82, 2.24) is 5.43 Å². The van der Waals surface area contributed by atoms with Gasteiger partial charge in [0.05, 0.1) is 24.4 Å². The number of halogens is 1. The minimum absolute atomic E-state index is 0.406. The van der Waals surface area contributed by atoms with Crippen molar-refractivity contribution in [3.63, 3.8) is 0 Å². The van der Waals surface area contributed by atoms with Crippen LogP contribution < -0.4 is 10.2 Å². The van der Waals surface area contributed by atoms with Gasteiger partial charge in [0.15, 0.2) is 0 Å². The van der Waals surface area contributed by atoms with Crippen LogP contribution in [-0.2, 0) is 13.2 Å². The molecule has 0 radical (unpaired) electrons. The van der Waals surface area contributed by atoms with Crippen LogP contribution in [0.15, 0.2) is 90.0 Å². The van der Waals surface area contributed by atoms with Crippen LogP contribution in [0.25, 0.3) is 10.8 Å². The van der Waals surface area contributed by atoms with Crippen molar-refractivity contribution in [2.24, 2.45) is 5.10 Å². The molecule has 5 heteroatoms. The van der Waals surface area contributed by atoms with Gasteiger partial charge in [-0.3, -0.25) is 0 Å². The Morgan fingerprint density at radius 2 is 1.65 bits per heavy atom. The monoisotopic (exact) mass is 425 g/mol. The van der Waals surface area contributed by atoms with Gasteiger partial charge in [0.25, 0.3) is 0 Å². The van der Waals surface area contributed by atoms with Crippen molar-refractivity contribution in [3.05, 3.63) is 112 Å². The molecule has 4 nitrogen and oxygen atoms in total. The molecule has 0 aliphatic heterocycles. The smallest absolute Gasteiger partial charge is 0.129 e. The van der Waals surface area contributed by atoms with Crippen molar-refractivity contribution in [2.45, 2.75) is 13.2 Å². The van der Waals surface area contributed by atoms with E-state index in [0.717, 1.165) is 33.2 Å². The normalized spacial score (nSPS) is 10.8. The summed E-state index contributed by atoms with van der Waals surface area (Å²) in [6.45, 7) is 1.00. The highest BCUT2D eigenvalue weighted by atomic mass is 35.5. The zero-order valence-corrected chi connectivity index (χ0v) is 17.5. The van der Waals surface area contributed by atoms with Crippen LogP contribution in [0.4, 0.5) is 0 Å². The number of nitriles is 1. The fraction of sp³-hybridized carbons (Fsp3) is 0.0769. The zero-order valence-electron chi connectivity index (χ0n) is 16.8. The third-order valence-corrected chi connectivity index (χ3v) is 5.14. The summed E-state index contributed by atoms with van der Waals surface area (Å²) < 4.78 is 6.12. The lowest BCUT2D eigenvalue weighted by Gasteiger charge is -2.12. The molecule has 0 aliphatic carbocycles. The summed E-state index contributed by atoms with van der Waals surface area (Å²) in [6, 6.07) is 29.3. The van der Waals surface area contributed by atoms with Gasteiger partial charge in [-0.25, -0.2) is 0 Å². The van der Waals surface area contributed by atoms with Crippen molar-refractivity contribution in [3.8, 4) is 11.8 Å². The molecule has 0 saturated heterocycles. The van der Waals surface area contributed by atoms with Gasteiger partial charge < -0.3 is 10.2 Å². The first-order chi connectivity index (χ1) is 15.2. The molecule has 0 aromatic heterocycles. The van der Waals surface area contributed by atoms with Crippen molar-refractivity contribution < 1.29 is 4.74 Å². The summed E-state index contributed by atoms with van der Waals surface area (Å²) in [4.78, 5) is 0. The molecule has 0 amide bonds. The van der Waals surface area contributed by atoms with Crippen LogP contribution in [-0.4, -0.2) is 6.21 Å². The third-order valence-electron chi connectivity index (χ3n) is 4.89. The molecule has 31 heavy (non-hydrogen) atoms. The first kappa shape index (κ1) is 20.5. The molecule has 0 fully saturated rings. The molecule has 0 heterocycles. The number of hydrogen-bond acceptors (Lipinski definition) is 4. The maximum Gasteiger partial charge on any atom is 0.129 e. The number of hydrazone groups is 1. The van der Waals surface area contributed by atoms with Crippen LogP contribution in [0.5, 0.6) is 5.75 Å². The summed E-state index contributed by atoms with van der Waals surface area (Å²) in [6.07, 6.45) is 1.80. The van der Waals surface area contributed by atoms with E-state index in [1.807, 2.05) is 60.7 Å². The second kappa shape index (κ2) is 9.80. The maximum atomic E-state index is 8.95. The van der Waals surface area contributed by atoms with E-state index < -0.39 is 0 Å². The average molecular weight is 426 g/mol. The molecule has 4 rings (SSSR count). The lowest BCUT2D eigenvalue weighted by atomic mass is 10.0. The van der Waals surface area contributed by atoms with Crippen LogP contribution in [0.1, 0.15) is 22.3 Å². The molecule has 0 spiro atoms. The van der Waals surface area contributed by atoms with Gasteiger partial charge in [-0.15, -0.1) is 0 Å². The van der Waals surface area contributed by atoms with Gasteiger partial charge in [-0.1, -0.05) is 66.2 Å². The van der Waals surface area contributed by atoms with Gasteiger partial charge in [0.1, 0.15) is 12.4 Å². The van der Waals surface area contributed by atoms with Crippen LogP contribution in [0, 0.1) is 11.3 Å². The van der Waals surface area contributed by atoms with Crippen molar-refractivity contribution >= 4 is 28.6 Å². The highest BCUT2D eigenvalue weighted by Crippen LogP contribution is 2.27. The van der Waals surface area contributed by atoms with E-state index in [1.54, 1.807) is 18.3 Å². The Kier molecular flexibility index (Phi) is 6.47. The zero-order chi connectivity index (χ0) is 21.5. The number of hydrogen-bond donors (Lipinski definition) is 1. The fourth-order valence-corrected chi connectivity index (χ4v) is 3.35. The lowest BCUT2D eigenvalue weighted by molar-refractivity contribution is 0.306. The van der Waals surface area contributed by atoms with Gasteiger partial charge in [-0.2, -0.15) is 10.4 Å². The molecule has 4 aromatic carbocycles. The minimum atomic E-state index is 0.406. The number of rotatable bonds is 7. The van der Waals surface area contributed by atoms with E-state index in [4.69, 9.17) is 21.6 Å². The van der Waals surface area contributed by atoms with E-state index in [2.05, 4.69) is 28.7 Å². The van der Waals surface area contributed by atoms with E-state index in [9.17, 15) is 0 Å². The Hall–Kier alpha value is -3.81. The summed E-state index contributed by atoms with van der Waals surface area (Å²) >= 11 is 5.94. The highest BCUT2D eigenvalue weighted by molar-refractivity contribution is 6.30. The Bertz CT molecular complexity index is 1240. The second-order valence-electron chi connectivity index (χ2n) is 7.02. The van der Waals surface area contributed by atoms with Crippen LogP contribution in [0.3, 0.4) is 0 Å². The predicted octanol–water partition coefficient (Wildman–Crippen LogP) is 6.07. The van der Waals surface area contributed by atoms with Gasteiger partial charge in [0, 0.05) is 10.6 Å². The SMILES string of the molecule is N#Cc1ccc(COc2ccc3ccccc3c2/C=N\NCc2ccc(Cl)cc2)cc1. The van der Waals surface area contributed by atoms with E-state index >= 15 is 0 Å². The molecule has 0 atom stereocenters. The number of nitrogens with one attached hydrogen (secondary N) is 1. The van der Waals surface area contributed by atoms with Gasteiger partial charge >= 0.3 is 0 Å². The van der Waals surface area contributed by atoms with Crippen molar-refractivity contribution in [1.29, 1.82) is 5.26 Å². The lowest BCUT2D eigenvalue weighted by Crippen LogP contribution is -2.06. The fourth-order valence-electron chi connectivity index (χ4n) is 3.22. The molecule has 1 N–H and O–H groups in total. The van der Waals surface area contributed by atoms with Crippen molar-refractivity contribution in [2.75, 3.05) is 0 Å². The molecule has 0 bridgehead atoms. The van der Waals surface area contributed by atoms with Crippen LogP contribution >= 0.6 is 11.6 Å². The summed E-state index contributed by atoms with van der Waals surface area (Å²) in [5.41, 5.74) is 6.72. The largest absolute Gasteiger partial charge is 0.488 e. The summed E-state index contributed by atoms with van der Waals surface area (Å²) in [5, 5.41) is 16.3. The molecule has 0 aliphatic rings. The Morgan fingerprint density at radius 1 is 0.903 bits per heavy atom. The highest BCUT2D eigenvalue weighted by Gasteiger charge is 2.08. The average Bonchev–Trinajstić information content (AvgIpc) is 2.82. The third kappa shape index (κ3) is 5.22. The van der Waals surface area contributed by atoms with Crippen LogP contribution in [0.2, 0.25) is 5.02 Å². The maximum absolute atomic E-state index is 8.95. The topological polar surface area (TPSA) is 57.4 Å². The summed E-state index contributed by atoms with van der Waals surface area (Å²) in [7, 11) is 0. The quantitative estimate of drug-likeness (QED) is 0.289. The Morgan fingerprint density at radius 3 is 2.42 bits per heavy atom. The minimum Gasteiger partial charge on any atom is -0.488 e. The number of ether oxygens (including phenoxy) is 1. The van der Waals surface area contributed by atoms with E-state index in [0.29, 0.717) is 23.7 Å². The molecule has 0 unspecified atom stereocenters. The first-order valence-corrected chi connectivity index (χ1v) is 10.2. The van der Waals surface area contributed by atoms with E-state index in [-0.39, 0.29) is 0 Å². The predicted molar refractivity (Wildman–Crippen MR) is 125 cm³/mol. The molecular formula is C26H20ClN3O. The Balaban J connectivity index is 1.53. The summed E-state index contributed by atoms with van der Waals surface area (Å²) in [5.74, 6) is 0.750. The van der Waals surface area contributed by atoms with E-state index in [1.165, 1.54) is 0 Å². The number of benzene rings is 4. The molecule has 0 saturated carbocycles. The number of fused-ring (bicyclic) bond motifs is 1. The van der Waals surface area contributed by atoms with Gasteiger partial charge in [0.2, 0.25) is 0 Å². The molecule has 152 valence electrons. The molecule has 4 aromatic rings. The molecular weight excluding hydrogens is 406 g/mol. The standard InChI is InChI=1S/C26H20ClN3O/c27-23-12-9-20(10-13-23)16-29-30-17-25-24-4-2-1-3-22(24)11-14-26(25)31-18-21-7-5-19(15-28)6-8-21/h1-14,17,29H,16,18H2/b30-17-. The first-order valence-electron chi connectivity index (χ1n) is 9.87. The van der Waals surface area contributed by atoms with Gasteiger partial charge in [-0.05, 0) is 52.2 Å². The number of nitrogens with zero attached hydrogens (tertiary/aromatic N) is 2. The second-order valence-corrected chi connectivity index (χ2v) is 7.45. The Labute approximate surface area is 186 Å².